The van der Waals surface area contributed by atoms with Gasteiger partial charge in [0.15, 0.2) is 5.82 Å². The predicted molar refractivity (Wildman–Crippen MR) is 54.5 cm³/mol. The Kier molecular flexibility index (Phi) is 2.57. The molecule has 0 fully saturated rings. The quantitative estimate of drug-likeness (QED) is 0.585. The molecule has 1 aromatic rings. The van der Waals surface area contributed by atoms with Crippen molar-refractivity contribution in [2.24, 2.45) is 5.73 Å². The normalized spacial score (nSPS) is 11.7. The maximum absolute atomic E-state index is 11.6. The minimum Gasteiger partial charge on any atom is -0.369 e. The van der Waals surface area contributed by atoms with Crippen molar-refractivity contribution < 1.29 is 4.79 Å². The van der Waals surface area contributed by atoms with E-state index in [0.717, 1.165) is 4.68 Å². The summed E-state index contributed by atoms with van der Waals surface area (Å²) in [6.07, 6.45) is -0.144. The second-order valence-corrected chi connectivity index (χ2v) is 4.29. The van der Waals surface area contributed by atoms with Gasteiger partial charge in [-0.25, -0.2) is 9.48 Å². The van der Waals surface area contributed by atoms with E-state index in [1.54, 1.807) is 0 Å². The van der Waals surface area contributed by atoms with Crippen LogP contribution in [0.25, 0.3) is 0 Å². The molecule has 0 aromatic carbocycles. The van der Waals surface area contributed by atoms with Gasteiger partial charge in [0.25, 0.3) is 0 Å². The maximum Gasteiger partial charge on any atom is 0.365 e. The molecule has 0 spiro atoms. The fourth-order valence-electron chi connectivity index (χ4n) is 1.13. The summed E-state index contributed by atoms with van der Waals surface area (Å²) in [5.74, 6) is 5.05. The third-order valence-corrected chi connectivity index (χ3v) is 1.85. The van der Waals surface area contributed by atoms with Crippen LogP contribution >= 0.6 is 0 Å². The molecule has 0 aliphatic carbocycles. The SMILES string of the molecule is CC(C)(C)n1nc(CC(N)=O)n(N)c1=O. The molecule has 4 N–H and O–H groups in total. The summed E-state index contributed by atoms with van der Waals surface area (Å²) >= 11 is 0. The van der Waals surface area contributed by atoms with Gasteiger partial charge >= 0.3 is 5.69 Å². The van der Waals surface area contributed by atoms with Crippen LogP contribution in [0.5, 0.6) is 0 Å². The lowest BCUT2D eigenvalue weighted by atomic mass is 10.1. The van der Waals surface area contributed by atoms with Crippen molar-refractivity contribution in [3.05, 3.63) is 16.3 Å². The van der Waals surface area contributed by atoms with Crippen LogP contribution in [-0.4, -0.2) is 20.4 Å². The second kappa shape index (κ2) is 3.41. The molecule has 0 radical (unpaired) electrons. The van der Waals surface area contributed by atoms with Gasteiger partial charge in [-0.05, 0) is 20.8 Å². The number of rotatable bonds is 2. The predicted octanol–water partition coefficient (Wildman–Crippen LogP) is -1.46. The summed E-state index contributed by atoms with van der Waals surface area (Å²) < 4.78 is 2.07. The van der Waals surface area contributed by atoms with Crippen molar-refractivity contribution in [3.8, 4) is 0 Å². The zero-order valence-electron chi connectivity index (χ0n) is 9.02. The van der Waals surface area contributed by atoms with Crippen LogP contribution in [0.1, 0.15) is 26.6 Å². The Morgan fingerprint density at radius 2 is 2.00 bits per heavy atom. The van der Waals surface area contributed by atoms with E-state index in [-0.39, 0.29) is 12.2 Å². The summed E-state index contributed by atoms with van der Waals surface area (Å²) in [6.45, 7) is 5.44. The Morgan fingerprint density at radius 1 is 1.47 bits per heavy atom. The molecule has 0 aliphatic heterocycles. The van der Waals surface area contributed by atoms with Gasteiger partial charge in [-0.3, -0.25) is 4.79 Å². The molecule has 0 unspecified atom stereocenters. The lowest BCUT2D eigenvalue weighted by molar-refractivity contribution is -0.117. The maximum atomic E-state index is 11.6. The number of aromatic nitrogens is 3. The minimum atomic E-state index is -0.576. The number of amides is 1. The van der Waals surface area contributed by atoms with Crippen molar-refractivity contribution in [3.63, 3.8) is 0 Å². The third kappa shape index (κ3) is 2.17. The van der Waals surface area contributed by atoms with Gasteiger partial charge in [0.1, 0.15) is 0 Å². The van der Waals surface area contributed by atoms with Gasteiger partial charge in [-0.2, -0.15) is 9.77 Å². The van der Waals surface area contributed by atoms with Crippen LogP contribution in [0.15, 0.2) is 4.79 Å². The van der Waals surface area contributed by atoms with Crippen molar-refractivity contribution in [2.45, 2.75) is 32.7 Å². The molecule has 0 atom stereocenters. The summed E-state index contributed by atoms with van der Waals surface area (Å²) in [5, 5.41) is 3.96. The van der Waals surface area contributed by atoms with Gasteiger partial charge in [0.2, 0.25) is 5.91 Å². The van der Waals surface area contributed by atoms with Gasteiger partial charge in [-0.15, -0.1) is 0 Å². The Bertz CT molecular complexity index is 437. The highest BCUT2D eigenvalue weighted by Gasteiger charge is 2.21. The molecule has 0 aliphatic rings. The van der Waals surface area contributed by atoms with Gasteiger partial charge < -0.3 is 11.6 Å². The van der Waals surface area contributed by atoms with Gasteiger partial charge in [0.05, 0.1) is 12.0 Å². The van der Waals surface area contributed by atoms with Crippen LogP contribution in [0.4, 0.5) is 0 Å². The molecule has 7 nitrogen and oxygen atoms in total. The minimum absolute atomic E-state index is 0.144. The molecule has 1 amide bonds. The highest BCUT2D eigenvalue weighted by molar-refractivity contribution is 5.75. The zero-order valence-corrected chi connectivity index (χ0v) is 9.02. The Hall–Kier alpha value is -1.79. The summed E-state index contributed by atoms with van der Waals surface area (Å²) in [5.41, 5.74) is 4.07. The van der Waals surface area contributed by atoms with E-state index < -0.39 is 17.1 Å². The second-order valence-electron chi connectivity index (χ2n) is 4.29. The molecule has 0 saturated carbocycles. The van der Waals surface area contributed by atoms with Crippen molar-refractivity contribution in [1.82, 2.24) is 14.5 Å². The molecular formula is C8H15N5O2. The van der Waals surface area contributed by atoms with E-state index >= 15 is 0 Å². The number of hydrogen-bond donors (Lipinski definition) is 2. The van der Waals surface area contributed by atoms with Crippen LogP contribution < -0.4 is 17.3 Å². The number of nitrogen functional groups attached to an aromatic ring is 1. The van der Waals surface area contributed by atoms with Gasteiger partial charge in [-0.1, -0.05) is 0 Å². The fraction of sp³-hybridized carbons (Fsp3) is 0.625. The van der Waals surface area contributed by atoms with Crippen molar-refractivity contribution in [1.29, 1.82) is 0 Å². The average molecular weight is 213 g/mol. The number of hydrogen-bond acceptors (Lipinski definition) is 4. The van der Waals surface area contributed by atoms with E-state index in [4.69, 9.17) is 11.6 Å². The van der Waals surface area contributed by atoms with Crippen LogP contribution in [-0.2, 0) is 16.8 Å². The Labute approximate surface area is 86.6 Å². The average Bonchev–Trinajstić information content (AvgIpc) is 2.30. The zero-order chi connectivity index (χ0) is 11.8. The first-order valence-electron chi connectivity index (χ1n) is 4.48. The molecule has 0 bridgehead atoms. The van der Waals surface area contributed by atoms with E-state index in [1.807, 2.05) is 20.8 Å². The smallest absolute Gasteiger partial charge is 0.365 e. The highest BCUT2D eigenvalue weighted by atomic mass is 16.2. The van der Waals surface area contributed by atoms with E-state index in [9.17, 15) is 9.59 Å². The highest BCUT2D eigenvalue weighted by Crippen LogP contribution is 2.08. The molecule has 7 heteroatoms. The van der Waals surface area contributed by atoms with Crippen LogP contribution in [0.2, 0.25) is 0 Å². The largest absolute Gasteiger partial charge is 0.369 e. The fourth-order valence-corrected chi connectivity index (χ4v) is 1.13. The third-order valence-electron chi connectivity index (χ3n) is 1.85. The number of carbonyl (C=O) groups is 1. The van der Waals surface area contributed by atoms with Crippen molar-refractivity contribution in [2.75, 3.05) is 5.84 Å². The molecule has 15 heavy (non-hydrogen) atoms. The van der Waals surface area contributed by atoms with Crippen LogP contribution in [0, 0.1) is 0 Å². The van der Waals surface area contributed by atoms with E-state index in [0.29, 0.717) is 0 Å². The molecule has 1 aromatic heterocycles. The lowest BCUT2D eigenvalue weighted by Gasteiger charge is -2.16. The molecule has 1 heterocycles. The lowest BCUT2D eigenvalue weighted by Crippen LogP contribution is -2.38. The molecule has 0 saturated heterocycles. The monoisotopic (exact) mass is 213 g/mol. The summed E-state index contributed by atoms with van der Waals surface area (Å²) in [4.78, 5) is 22.3. The van der Waals surface area contributed by atoms with Gasteiger partial charge in [0, 0.05) is 0 Å². The number of carbonyl (C=O) groups excluding carboxylic acids is 1. The van der Waals surface area contributed by atoms with E-state index in [1.165, 1.54) is 4.68 Å². The first-order chi connectivity index (χ1) is 6.73. The molecule has 84 valence electrons. The Balaban J connectivity index is 3.25. The standard InChI is InChI=1S/C8H15N5O2/c1-8(2,3)13-7(15)12(10)6(11-13)4-5(9)14/h4,10H2,1-3H3,(H2,9,14). The first kappa shape index (κ1) is 11.3. The topological polar surface area (TPSA) is 109 Å². The van der Waals surface area contributed by atoms with Crippen LogP contribution in [0.3, 0.4) is 0 Å². The summed E-state index contributed by atoms with van der Waals surface area (Å²) in [6, 6.07) is 0. The first-order valence-corrected chi connectivity index (χ1v) is 4.48. The van der Waals surface area contributed by atoms with E-state index in [2.05, 4.69) is 5.10 Å². The number of nitrogens with zero attached hydrogens (tertiary/aromatic N) is 3. The molecule has 1 rings (SSSR count). The summed E-state index contributed by atoms with van der Waals surface area (Å²) in [7, 11) is 0. The number of primary amides is 1. The molecular weight excluding hydrogens is 198 g/mol. The van der Waals surface area contributed by atoms with Crippen molar-refractivity contribution >= 4 is 5.91 Å². The number of nitrogens with two attached hydrogens (primary N) is 2. The Morgan fingerprint density at radius 3 is 2.33 bits per heavy atom.